The van der Waals surface area contributed by atoms with Crippen molar-refractivity contribution >= 4 is 23.3 Å². The summed E-state index contributed by atoms with van der Waals surface area (Å²) in [7, 11) is 1.60. The number of aliphatic imine (C=N–C) groups is 1. The molecule has 1 aromatic heterocycles. The molecule has 184 valence electrons. The van der Waals surface area contributed by atoms with E-state index in [2.05, 4.69) is 10.3 Å². The van der Waals surface area contributed by atoms with Gasteiger partial charge in [0, 0.05) is 24.7 Å². The van der Waals surface area contributed by atoms with E-state index in [4.69, 9.17) is 21.3 Å². The van der Waals surface area contributed by atoms with E-state index in [9.17, 15) is 9.59 Å². The van der Waals surface area contributed by atoms with Crippen LogP contribution in [0.4, 0.5) is 5.82 Å². The van der Waals surface area contributed by atoms with Gasteiger partial charge in [-0.25, -0.2) is 4.68 Å². The number of nitrogens with two attached hydrogens (primary N) is 2. The summed E-state index contributed by atoms with van der Waals surface area (Å²) in [4.78, 5) is 27.9. The van der Waals surface area contributed by atoms with Crippen molar-refractivity contribution in [3.8, 4) is 17.0 Å². The second-order valence-corrected chi connectivity index (χ2v) is 8.95. The van der Waals surface area contributed by atoms with E-state index in [0.717, 1.165) is 11.1 Å². The van der Waals surface area contributed by atoms with Crippen molar-refractivity contribution in [1.29, 1.82) is 0 Å². The molecule has 0 fully saturated rings. The highest BCUT2D eigenvalue weighted by Gasteiger charge is 2.29. The molecule has 0 saturated heterocycles. The maximum absolute atomic E-state index is 12.4. The molecule has 0 unspecified atom stereocenters. The largest absolute Gasteiger partial charge is 0.484 e. The Kier molecular flexibility index (Phi) is 7.58. The number of carbonyl (C=O) groups excluding carboxylic acids is 2. The monoisotopic (exact) mass is 476 g/mol. The van der Waals surface area contributed by atoms with Crippen LogP contribution < -0.4 is 21.5 Å². The summed E-state index contributed by atoms with van der Waals surface area (Å²) >= 11 is 0. The number of ketones is 1. The van der Waals surface area contributed by atoms with Gasteiger partial charge in [0.05, 0.1) is 11.1 Å². The second kappa shape index (κ2) is 10.4. The first kappa shape index (κ1) is 25.5. The maximum atomic E-state index is 12.4. The Balaban J connectivity index is 1.74. The Bertz CT molecular complexity index is 1240. The summed E-state index contributed by atoms with van der Waals surface area (Å²) in [6.07, 6.45) is 0. The predicted octanol–water partition coefficient (Wildman–Crippen LogP) is 2.91. The normalized spacial score (nSPS) is 11.9. The Hall–Kier alpha value is -4.14. The fraction of sp³-hybridized carbons (Fsp3) is 0.308. The molecule has 0 aliphatic carbocycles. The Morgan fingerprint density at radius 3 is 2.31 bits per heavy atom. The van der Waals surface area contributed by atoms with Crippen LogP contribution in [0.25, 0.3) is 11.3 Å². The minimum absolute atomic E-state index is 0.0323. The van der Waals surface area contributed by atoms with Crippen molar-refractivity contribution in [1.82, 2.24) is 15.1 Å². The third-order valence-electron chi connectivity index (χ3n) is 5.67. The molecule has 1 amide bonds. The van der Waals surface area contributed by atoms with Gasteiger partial charge in [-0.1, -0.05) is 29.8 Å². The summed E-state index contributed by atoms with van der Waals surface area (Å²) in [5.74, 6) is 0.823. The SMILES string of the molecule is CN=C(N)c1c(-c2ccc(C)cc2)nn(C(C)(C)CNC(=O)COc2ccc(C(C)=O)cc2)c1N. The molecule has 0 aliphatic rings. The van der Waals surface area contributed by atoms with Gasteiger partial charge in [-0.15, -0.1) is 0 Å². The molecule has 3 rings (SSSR count). The van der Waals surface area contributed by atoms with E-state index in [-0.39, 0.29) is 30.7 Å². The van der Waals surface area contributed by atoms with E-state index >= 15 is 0 Å². The second-order valence-electron chi connectivity index (χ2n) is 8.95. The van der Waals surface area contributed by atoms with Gasteiger partial charge in [-0.05, 0) is 52.0 Å². The first-order valence-corrected chi connectivity index (χ1v) is 11.2. The quantitative estimate of drug-likeness (QED) is 0.247. The van der Waals surface area contributed by atoms with E-state index in [0.29, 0.717) is 28.4 Å². The number of amides is 1. The Morgan fingerprint density at radius 2 is 1.74 bits per heavy atom. The average Bonchev–Trinajstić information content (AvgIpc) is 3.19. The number of ether oxygens (including phenoxy) is 1. The van der Waals surface area contributed by atoms with E-state index in [1.54, 1.807) is 36.0 Å². The number of carbonyl (C=O) groups is 2. The van der Waals surface area contributed by atoms with Gasteiger partial charge in [-0.2, -0.15) is 5.10 Å². The average molecular weight is 477 g/mol. The summed E-state index contributed by atoms with van der Waals surface area (Å²) in [5.41, 5.74) is 15.8. The lowest BCUT2D eigenvalue weighted by Gasteiger charge is -2.27. The minimum Gasteiger partial charge on any atom is -0.484 e. The minimum atomic E-state index is -0.672. The molecule has 2 aromatic carbocycles. The first-order chi connectivity index (χ1) is 16.5. The zero-order valence-corrected chi connectivity index (χ0v) is 20.8. The highest BCUT2D eigenvalue weighted by Crippen LogP contribution is 2.31. The summed E-state index contributed by atoms with van der Waals surface area (Å²) < 4.78 is 7.20. The van der Waals surface area contributed by atoms with Crippen molar-refractivity contribution < 1.29 is 14.3 Å². The molecule has 0 spiro atoms. The van der Waals surface area contributed by atoms with Crippen molar-refractivity contribution in [2.75, 3.05) is 25.9 Å². The molecule has 35 heavy (non-hydrogen) atoms. The van der Waals surface area contributed by atoms with E-state index in [1.165, 1.54) is 6.92 Å². The van der Waals surface area contributed by atoms with Gasteiger partial charge in [0.1, 0.15) is 23.1 Å². The summed E-state index contributed by atoms with van der Waals surface area (Å²) in [6, 6.07) is 14.5. The third kappa shape index (κ3) is 5.87. The Morgan fingerprint density at radius 1 is 1.11 bits per heavy atom. The number of Topliss-reactive ketones (excluding diaryl/α,β-unsaturated/α-hetero) is 1. The zero-order chi connectivity index (χ0) is 25.8. The molecule has 0 bridgehead atoms. The van der Waals surface area contributed by atoms with Crippen LogP contribution >= 0.6 is 0 Å². The van der Waals surface area contributed by atoms with Crippen LogP contribution in [0.1, 0.15) is 42.3 Å². The molecule has 3 aromatic rings. The highest BCUT2D eigenvalue weighted by atomic mass is 16.5. The Labute approximate surface area is 205 Å². The number of rotatable bonds is 9. The summed E-state index contributed by atoms with van der Waals surface area (Å²) in [6.45, 7) is 7.42. The van der Waals surface area contributed by atoms with Crippen LogP contribution in [0.3, 0.4) is 0 Å². The molecular formula is C26H32N6O3. The fourth-order valence-electron chi connectivity index (χ4n) is 3.55. The van der Waals surface area contributed by atoms with Gasteiger partial charge in [-0.3, -0.25) is 14.6 Å². The molecule has 0 aliphatic heterocycles. The number of benzene rings is 2. The van der Waals surface area contributed by atoms with E-state index in [1.807, 2.05) is 45.0 Å². The van der Waals surface area contributed by atoms with Crippen LogP contribution in [0.2, 0.25) is 0 Å². The van der Waals surface area contributed by atoms with Crippen molar-refractivity contribution in [3.63, 3.8) is 0 Å². The van der Waals surface area contributed by atoms with Gasteiger partial charge in [0.25, 0.3) is 5.91 Å². The van der Waals surface area contributed by atoms with Crippen molar-refractivity contribution in [2.45, 2.75) is 33.2 Å². The van der Waals surface area contributed by atoms with Crippen LogP contribution in [0.15, 0.2) is 53.5 Å². The summed E-state index contributed by atoms with van der Waals surface area (Å²) in [5, 5.41) is 7.64. The molecule has 0 radical (unpaired) electrons. The van der Waals surface area contributed by atoms with Crippen LogP contribution in [-0.2, 0) is 10.3 Å². The number of aromatic nitrogens is 2. The standard InChI is InChI=1S/C26H32N6O3/c1-16-6-8-19(9-7-16)23-22(24(27)29-5)25(28)32(31-23)26(3,4)15-30-21(34)14-35-20-12-10-18(11-13-20)17(2)33/h6-13H,14-15,28H2,1-5H3,(H2,27,29)(H,30,34). The van der Waals surface area contributed by atoms with Crippen molar-refractivity contribution in [3.05, 3.63) is 65.2 Å². The highest BCUT2D eigenvalue weighted by molar-refractivity contribution is 6.06. The molecule has 9 nitrogen and oxygen atoms in total. The van der Waals surface area contributed by atoms with Crippen molar-refractivity contribution in [2.24, 2.45) is 10.7 Å². The maximum Gasteiger partial charge on any atom is 0.258 e. The lowest BCUT2D eigenvalue weighted by Crippen LogP contribution is -2.43. The number of nitrogens with one attached hydrogen (secondary N) is 1. The van der Waals surface area contributed by atoms with Gasteiger partial charge >= 0.3 is 0 Å². The molecule has 0 saturated carbocycles. The number of aryl methyl sites for hydroxylation is 1. The first-order valence-electron chi connectivity index (χ1n) is 11.2. The number of anilines is 1. The lowest BCUT2D eigenvalue weighted by atomic mass is 10.0. The molecule has 9 heteroatoms. The van der Waals surface area contributed by atoms with E-state index < -0.39 is 5.54 Å². The third-order valence-corrected chi connectivity index (χ3v) is 5.67. The number of nitrogen functional groups attached to an aromatic ring is 1. The number of nitrogens with zero attached hydrogens (tertiary/aromatic N) is 3. The van der Waals surface area contributed by atoms with Crippen LogP contribution in [0.5, 0.6) is 5.75 Å². The zero-order valence-electron chi connectivity index (χ0n) is 20.8. The van der Waals surface area contributed by atoms with Gasteiger partial charge in [0.2, 0.25) is 0 Å². The lowest BCUT2D eigenvalue weighted by molar-refractivity contribution is -0.123. The van der Waals surface area contributed by atoms with Gasteiger partial charge < -0.3 is 21.5 Å². The molecule has 1 heterocycles. The molecule has 5 N–H and O–H groups in total. The smallest absolute Gasteiger partial charge is 0.258 e. The topological polar surface area (TPSA) is 138 Å². The fourth-order valence-corrected chi connectivity index (χ4v) is 3.55. The predicted molar refractivity (Wildman–Crippen MR) is 138 cm³/mol. The van der Waals surface area contributed by atoms with Crippen LogP contribution in [0, 0.1) is 6.92 Å². The van der Waals surface area contributed by atoms with Crippen LogP contribution in [-0.4, -0.2) is 47.5 Å². The van der Waals surface area contributed by atoms with Gasteiger partial charge in [0.15, 0.2) is 12.4 Å². The number of amidine groups is 1. The molecule has 0 atom stereocenters. The number of hydrogen-bond acceptors (Lipinski definition) is 6. The molecular weight excluding hydrogens is 444 g/mol. The number of hydrogen-bond donors (Lipinski definition) is 3.